The van der Waals surface area contributed by atoms with E-state index in [9.17, 15) is 14.0 Å². The van der Waals surface area contributed by atoms with Gasteiger partial charge < -0.3 is 19.5 Å². The lowest BCUT2D eigenvalue weighted by molar-refractivity contribution is 0.0855. The minimum Gasteiger partial charge on any atom is -0.450 e. The highest BCUT2D eigenvalue weighted by molar-refractivity contribution is 5.99. The van der Waals surface area contributed by atoms with Crippen LogP contribution >= 0.6 is 0 Å². The molecule has 2 aromatic rings. The Morgan fingerprint density at radius 3 is 2.68 bits per heavy atom. The number of nitrogens with one attached hydrogen (secondary N) is 1. The molecule has 0 atom stereocenters. The van der Waals surface area contributed by atoms with Gasteiger partial charge in [0.05, 0.1) is 12.1 Å². The maximum Gasteiger partial charge on any atom is 0.409 e. The third-order valence-corrected chi connectivity index (χ3v) is 4.62. The molecule has 0 spiro atoms. The molecule has 6 nitrogen and oxygen atoms in total. The van der Waals surface area contributed by atoms with Crippen molar-refractivity contribution in [3.8, 4) is 0 Å². The van der Waals surface area contributed by atoms with Gasteiger partial charge in [-0.05, 0) is 38.0 Å². The number of rotatable bonds is 3. The average molecular weight is 347 g/mol. The normalized spacial score (nSPS) is 15.4. The Bertz CT molecular complexity index is 794. The quantitative estimate of drug-likeness (QED) is 0.928. The van der Waals surface area contributed by atoms with Gasteiger partial charge in [-0.15, -0.1) is 0 Å². The molecule has 25 heavy (non-hydrogen) atoms. The van der Waals surface area contributed by atoms with Crippen LogP contribution in [0.1, 0.15) is 30.3 Å². The van der Waals surface area contributed by atoms with Gasteiger partial charge in [0.2, 0.25) is 0 Å². The lowest BCUT2D eigenvalue weighted by atomic mass is 10.1. The number of nitrogens with zero attached hydrogens (tertiary/aromatic N) is 2. The zero-order valence-corrected chi connectivity index (χ0v) is 14.4. The molecule has 1 fully saturated rings. The first-order chi connectivity index (χ1) is 12.0. The van der Waals surface area contributed by atoms with Gasteiger partial charge in [0.25, 0.3) is 5.91 Å². The largest absolute Gasteiger partial charge is 0.450 e. The molecule has 2 amide bonds. The Labute approximate surface area is 145 Å². The lowest BCUT2D eigenvalue weighted by Gasteiger charge is -2.31. The van der Waals surface area contributed by atoms with Gasteiger partial charge in [-0.25, -0.2) is 9.18 Å². The van der Waals surface area contributed by atoms with Crippen LogP contribution in [0.25, 0.3) is 10.9 Å². The number of carbonyl (C=O) groups excluding carboxylic acids is 2. The number of ether oxygens (including phenoxy) is 1. The zero-order valence-electron chi connectivity index (χ0n) is 14.4. The van der Waals surface area contributed by atoms with E-state index in [-0.39, 0.29) is 23.9 Å². The minimum absolute atomic E-state index is 0.0129. The van der Waals surface area contributed by atoms with E-state index in [0.29, 0.717) is 49.1 Å². The van der Waals surface area contributed by atoms with Crippen molar-refractivity contribution in [2.24, 2.45) is 7.05 Å². The second kappa shape index (κ2) is 7.13. The van der Waals surface area contributed by atoms with Crippen LogP contribution in [0.4, 0.5) is 9.18 Å². The number of benzene rings is 1. The molecule has 1 aliphatic rings. The molecular formula is C18H22FN3O3. The van der Waals surface area contributed by atoms with Crippen LogP contribution in [-0.2, 0) is 11.8 Å². The summed E-state index contributed by atoms with van der Waals surface area (Å²) in [5.74, 6) is -0.567. The van der Waals surface area contributed by atoms with Crippen LogP contribution < -0.4 is 5.32 Å². The summed E-state index contributed by atoms with van der Waals surface area (Å²) in [6.45, 7) is 3.23. The Morgan fingerprint density at radius 2 is 2.04 bits per heavy atom. The number of halogens is 1. The molecule has 1 aromatic carbocycles. The SMILES string of the molecule is CCOC(=O)N1CCC(NC(=O)c2cc3c(F)cccc3n2C)CC1. The molecule has 1 saturated heterocycles. The molecule has 0 saturated carbocycles. The topological polar surface area (TPSA) is 63.6 Å². The van der Waals surface area contributed by atoms with Gasteiger partial charge in [-0.1, -0.05) is 6.07 Å². The maximum atomic E-state index is 13.9. The first-order valence-corrected chi connectivity index (χ1v) is 8.47. The molecule has 1 aromatic heterocycles. The maximum absolute atomic E-state index is 13.9. The first-order valence-electron chi connectivity index (χ1n) is 8.47. The standard InChI is InChI=1S/C18H22FN3O3/c1-3-25-18(24)22-9-7-12(8-10-22)20-17(23)16-11-13-14(19)5-4-6-15(13)21(16)2/h4-6,11-12H,3,7-10H2,1-2H3,(H,20,23). The molecule has 134 valence electrons. The summed E-state index contributed by atoms with van der Waals surface area (Å²) in [5.41, 5.74) is 1.11. The molecule has 0 unspecified atom stereocenters. The van der Waals surface area contributed by atoms with E-state index >= 15 is 0 Å². The van der Waals surface area contributed by atoms with E-state index in [2.05, 4.69) is 5.32 Å². The first kappa shape index (κ1) is 17.3. The van der Waals surface area contributed by atoms with Gasteiger partial charge >= 0.3 is 6.09 Å². The van der Waals surface area contributed by atoms with Crippen molar-refractivity contribution in [3.63, 3.8) is 0 Å². The number of aryl methyl sites for hydroxylation is 1. The third-order valence-electron chi connectivity index (χ3n) is 4.62. The molecule has 0 bridgehead atoms. The van der Waals surface area contributed by atoms with Gasteiger partial charge in [-0.3, -0.25) is 4.79 Å². The van der Waals surface area contributed by atoms with E-state index in [1.54, 1.807) is 41.6 Å². The lowest BCUT2D eigenvalue weighted by Crippen LogP contribution is -2.46. The number of carbonyl (C=O) groups is 2. The number of fused-ring (bicyclic) bond motifs is 1. The number of aromatic nitrogens is 1. The molecular weight excluding hydrogens is 325 g/mol. The fourth-order valence-electron chi connectivity index (χ4n) is 3.22. The Hall–Kier alpha value is -2.57. The summed E-state index contributed by atoms with van der Waals surface area (Å²) in [4.78, 5) is 25.9. The molecule has 7 heteroatoms. The van der Waals surface area contributed by atoms with Crippen molar-refractivity contribution in [2.45, 2.75) is 25.8 Å². The van der Waals surface area contributed by atoms with Gasteiger partial charge in [0, 0.05) is 31.6 Å². The molecule has 0 aliphatic carbocycles. The molecule has 1 N–H and O–H groups in total. The van der Waals surface area contributed by atoms with Crippen LogP contribution in [0.3, 0.4) is 0 Å². The molecule has 1 aliphatic heterocycles. The number of hydrogen-bond acceptors (Lipinski definition) is 3. The molecule has 3 rings (SSSR count). The van der Waals surface area contributed by atoms with Crippen molar-refractivity contribution in [2.75, 3.05) is 19.7 Å². The van der Waals surface area contributed by atoms with Crippen LogP contribution in [0, 0.1) is 5.82 Å². The summed E-state index contributed by atoms with van der Waals surface area (Å²) in [5, 5.41) is 3.42. The predicted octanol–water partition coefficient (Wildman–Crippen LogP) is 2.67. The Kier molecular flexibility index (Phi) is 4.92. The number of piperidine rings is 1. The summed E-state index contributed by atoms with van der Waals surface area (Å²) in [6, 6.07) is 6.36. The minimum atomic E-state index is -0.338. The number of amides is 2. The smallest absolute Gasteiger partial charge is 0.409 e. The van der Waals surface area contributed by atoms with E-state index in [1.165, 1.54) is 6.07 Å². The van der Waals surface area contributed by atoms with E-state index in [4.69, 9.17) is 4.74 Å². The molecule has 2 heterocycles. The van der Waals surface area contributed by atoms with Crippen LogP contribution in [0.15, 0.2) is 24.3 Å². The van der Waals surface area contributed by atoms with Gasteiger partial charge in [0.15, 0.2) is 0 Å². The Balaban J connectivity index is 1.65. The van der Waals surface area contributed by atoms with Crippen molar-refractivity contribution in [1.82, 2.24) is 14.8 Å². The highest BCUT2D eigenvalue weighted by Gasteiger charge is 2.25. The van der Waals surface area contributed by atoms with Crippen LogP contribution in [-0.4, -0.2) is 47.2 Å². The van der Waals surface area contributed by atoms with Gasteiger partial charge in [0.1, 0.15) is 11.5 Å². The van der Waals surface area contributed by atoms with Crippen molar-refractivity contribution >= 4 is 22.9 Å². The fourth-order valence-corrected chi connectivity index (χ4v) is 3.22. The van der Waals surface area contributed by atoms with Gasteiger partial charge in [-0.2, -0.15) is 0 Å². The highest BCUT2D eigenvalue weighted by atomic mass is 19.1. The summed E-state index contributed by atoms with van der Waals surface area (Å²) >= 11 is 0. The third kappa shape index (κ3) is 3.45. The van der Waals surface area contributed by atoms with Crippen molar-refractivity contribution < 1.29 is 18.7 Å². The van der Waals surface area contributed by atoms with E-state index in [1.807, 2.05) is 0 Å². The monoisotopic (exact) mass is 347 g/mol. The van der Waals surface area contributed by atoms with E-state index < -0.39 is 0 Å². The Morgan fingerprint density at radius 1 is 1.32 bits per heavy atom. The average Bonchev–Trinajstić information content (AvgIpc) is 2.94. The predicted molar refractivity (Wildman–Crippen MR) is 92.0 cm³/mol. The van der Waals surface area contributed by atoms with E-state index in [0.717, 1.165) is 0 Å². The number of hydrogen-bond donors (Lipinski definition) is 1. The second-order valence-electron chi connectivity index (χ2n) is 6.19. The number of likely N-dealkylation sites (tertiary alicyclic amines) is 1. The second-order valence-corrected chi connectivity index (χ2v) is 6.19. The summed E-state index contributed by atoms with van der Waals surface area (Å²) < 4.78 is 20.6. The summed E-state index contributed by atoms with van der Waals surface area (Å²) in [6.07, 6.45) is 1.03. The van der Waals surface area contributed by atoms with Crippen LogP contribution in [0.5, 0.6) is 0 Å². The van der Waals surface area contributed by atoms with Crippen molar-refractivity contribution in [1.29, 1.82) is 0 Å². The van der Waals surface area contributed by atoms with Crippen LogP contribution in [0.2, 0.25) is 0 Å². The fraction of sp³-hybridized carbons (Fsp3) is 0.444. The molecule has 0 radical (unpaired) electrons. The highest BCUT2D eigenvalue weighted by Crippen LogP contribution is 2.22. The van der Waals surface area contributed by atoms with Crippen molar-refractivity contribution in [3.05, 3.63) is 35.8 Å². The zero-order chi connectivity index (χ0) is 18.0. The summed E-state index contributed by atoms with van der Waals surface area (Å²) in [7, 11) is 1.75.